The predicted molar refractivity (Wildman–Crippen MR) is 78.3 cm³/mol. The van der Waals surface area contributed by atoms with Crippen LogP contribution in [-0.4, -0.2) is 31.1 Å². The Morgan fingerprint density at radius 3 is 2.39 bits per heavy atom. The van der Waals surface area contributed by atoms with Gasteiger partial charge in [0.25, 0.3) is 0 Å². The number of halogens is 1. The average molecular weight is 310 g/mol. The smallest absolute Gasteiger partial charge is 0.121 e. The van der Waals surface area contributed by atoms with Crippen molar-refractivity contribution in [1.29, 1.82) is 5.26 Å². The molecule has 1 rings (SSSR count). The van der Waals surface area contributed by atoms with Crippen LogP contribution < -0.4 is 5.32 Å². The molecule has 0 aliphatic rings. The number of hydrogen-bond acceptors (Lipinski definition) is 3. The molecule has 4 heteroatoms. The highest BCUT2D eigenvalue weighted by molar-refractivity contribution is 9.10. The van der Waals surface area contributed by atoms with Gasteiger partial charge in [-0.05, 0) is 30.8 Å². The van der Waals surface area contributed by atoms with Gasteiger partial charge < -0.3 is 4.90 Å². The molecule has 0 spiro atoms. The van der Waals surface area contributed by atoms with Gasteiger partial charge in [-0.15, -0.1) is 0 Å². The zero-order valence-corrected chi connectivity index (χ0v) is 12.6. The van der Waals surface area contributed by atoms with Crippen LogP contribution in [0.2, 0.25) is 0 Å². The summed E-state index contributed by atoms with van der Waals surface area (Å²) in [5.74, 6) is 0. The summed E-state index contributed by atoms with van der Waals surface area (Å²) in [5.41, 5.74) is 1.01. The van der Waals surface area contributed by atoms with Crippen LogP contribution in [0.1, 0.15) is 25.5 Å². The lowest BCUT2D eigenvalue weighted by Crippen LogP contribution is -2.33. The molecular formula is C14H20BrN3. The van der Waals surface area contributed by atoms with E-state index in [2.05, 4.69) is 46.1 Å². The van der Waals surface area contributed by atoms with Gasteiger partial charge in [0, 0.05) is 17.6 Å². The van der Waals surface area contributed by atoms with Crippen molar-refractivity contribution in [3.05, 3.63) is 34.3 Å². The van der Waals surface area contributed by atoms with E-state index in [1.165, 1.54) is 0 Å². The van der Waals surface area contributed by atoms with Crippen molar-refractivity contribution in [2.24, 2.45) is 0 Å². The summed E-state index contributed by atoms with van der Waals surface area (Å²) in [6.45, 7) is 8.21. The largest absolute Gasteiger partial charge is 0.303 e. The van der Waals surface area contributed by atoms with Gasteiger partial charge in [0.05, 0.1) is 6.07 Å². The number of nitrogens with zero attached hydrogens (tertiary/aromatic N) is 2. The topological polar surface area (TPSA) is 39.1 Å². The Bertz CT molecular complexity index is 379. The first-order chi connectivity index (χ1) is 8.71. The molecular weight excluding hydrogens is 290 g/mol. The van der Waals surface area contributed by atoms with Crippen molar-refractivity contribution < 1.29 is 0 Å². The van der Waals surface area contributed by atoms with Gasteiger partial charge in [-0.2, -0.15) is 5.26 Å². The maximum atomic E-state index is 9.19. The Hall–Kier alpha value is -0.890. The van der Waals surface area contributed by atoms with Crippen LogP contribution in [0.25, 0.3) is 0 Å². The molecule has 0 bridgehead atoms. The monoisotopic (exact) mass is 309 g/mol. The van der Waals surface area contributed by atoms with E-state index in [1.54, 1.807) is 0 Å². The summed E-state index contributed by atoms with van der Waals surface area (Å²) in [5, 5.41) is 12.5. The molecule has 0 amide bonds. The van der Waals surface area contributed by atoms with Crippen LogP contribution in [0.4, 0.5) is 0 Å². The minimum Gasteiger partial charge on any atom is -0.303 e. The van der Waals surface area contributed by atoms with Crippen LogP contribution in [-0.2, 0) is 0 Å². The minimum absolute atomic E-state index is 0.228. The van der Waals surface area contributed by atoms with Crippen LogP contribution in [0.3, 0.4) is 0 Å². The van der Waals surface area contributed by atoms with Crippen LogP contribution >= 0.6 is 15.9 Å². The molecule has 1 aromatic rings. The van der Waals surface area contributed by atoms with E-state index in [4.69, 9.17) is 0 Å². The standard InChI is InChI=1S/C14H20BrN3/c1-3-18(4-2)10-9-17-14(11-16)12-5-7-13(15)8-6-12/h5-8,14,17H,3-4,9-10H2,1-2H3. The molecule has 0 radical (unpaired) electrons. The van der Waals surface area contributed by atoms with Crippen LogP contribution in [0, 0.1) is 11.3 Å². The molecule has 98 valence electrons. The summed E-state index contributed by atoms with van der Waals surface area (Å²) < 4.78 is 1.03. The van der Waals surface area contributed by atoms with E-state index in [0.29, 0.717) is 0 Å². The Labute approximate surface area is 118 Å². The second kappa shape index (κ2) is 8.25. The lowest BCUT2D eigenvalue weighted by molar-refractivity contribution is 0.300. The fourth-order valence-electron chi connectivity index (χ4n) is 1.80. The highest BCUT2D eigenvalue weighted by atomic mass is 79.9. The number of nitriles is 1. The first-order valence-corrected chi connectivity index (χ1v) is 7.11. The summed E-state index contributed by atoms with van der Waals surface area (Å²) in [6.07, 6.45) is 0. The third kappa shape index (κ3) is 4.77. The molecule has 18 heavy (non-hydrogen) atoms. The summed E-state index contributed by atoms with van der Waals surface area (Å²) in [4.78, 5) is 2.34. The number of nitrogens with one attached hydrogen (secondary N) is 1. The van der Waals surface area contributed by atoms with Crippen molar-refractivity contribution in [2.45, 2.75) is 19.9 Å². The molecule has 1 N–H and O–H groups in total. The maximum Gasteiger partial charge on any atom is 0.121 e. The van der Waals surface area contributed by atoms with Crippen molar-refractivity contribution in [1.82, 2.24) is 10.2 Å². The fraction of sp³-hybridized carbons (Fsp3) is 0.500. The number of likely N-dealkylation sites (N-methyl/N-ethyl adjacent to an activating group) is 1. The van der Waals surface area contributed by atoms with Crippen LogP contribution in [0.5, 0.6) is 0 Å². The Morgan fingerprint density at radius 2 is 1.89 bits per heavy atom. The minimum atomic E-state index is -0.228. The molecule has 0 heterocycles. The lowest BCUT2D eigenvalue weighted by Gasteiger charge is -2.19. The van der Waals surface area contributed by atoms with E-state index in [9.17, 15) is 5.26 Å². The van der Waals surface area contributed by atoms with E-state index in [-0.39, 0.29) is 6.04 Å². The van der Waals surface area contributed by atoms with E-state index < -0.39 is 0 Å². The lowest BCUT2D eigenvalue weighted by atomic mass is 10.1. The maximum absolute atomic E-state index is 9.19. The molecule has 0 saturated carbocycles. The van der Waals surface area contributed by atoms with Crippen molar-refractivity contribution >= 4 is 15.9 Å². The predicted octanol–water partition coefficient (Wildman–Crippen LogP) is 2.95. The molecule has 1 unspecified atom stereocenters. The fourth-order valence-corrected chi connectivity index (χ4v) is 2.06. The first kappa shape index (κ1) is 15.2. The third-order valence-corrected chi connectivity index (χ3v) is 3.53. The zero-order valence-electron chi connectivity index (χ0n) is 11.0. The molecule has 0 saturated heterocycles. The Balaban J connectivity index is 2.48. The Kier molecular flexibility index (Phi) is 6.96. The van der Waals surface area contributed by atoms with Gasteiger partial charge >= 0.3 is 0 Å². The van der Waals surface area contributed by atoms with Crippen molar-refractivity contribution in [2.75, 3.05) is 26.2 Å². The molecule has 0 aromatic heterocycles. The normalized spacial score (nSPS) is 12.4. The molecule has 1 atom stereocenters. The van der Waals surface area contributed by atoms with Gasteiger partial charge in [-0.25, -0.2) is 0 Å². The Morgan fingerprint density at radius 1 is 1.28 bits per heavy atom. The van der Waals surface area contributed by atoms with Gasteiger partial charge in [0.15, 0.2) is 0 Å². The molecule has 0 aliphatic carbocycles. The van der Waals surface area contributed by atoms with Gasteiger partial charge in [0.1, 0.15) is 6.04 Å². The van der Waals surface area contributed by atoms with Crippen molar-refractivity contribution in [3.8, 4) is 6.07 Å². The number of rotatable bonds is 7. The van der Waals surface area contributed by atoms with E-state index >= 15 is 0 Å². The number of benzene rings is 1. The second-order valence-corrected chi connectivity index (χ2v) is 5.01. The second-order valence-electron chi connectivity index (χ2n) is 4.09. The molecule has 0 aliphatic heterocycles. The summed E-state index contributed by atoms with van der Waals surface area (Å²) in [7, 11) is 0. The average Bonchev–Trinajstić information content (AvgIpc) is 2.41. The van der Waals surface area contributed by atoms with E-state index in [0.717, 1.165) is 36.2 Å². The quantitative estimate of drug-likeness (QED) is 0.841. The van der Waals surface area contributed by atoms with Crippen LogP contribution in [0.15, 0.2) is 28.7 Å². The SMILES string of the molecule is CCN(CC)CCNC(C#N)c1ccc(Br)cc1. The summed E-state index contributed by atoms with van der Waals surface area (Å²) in [6, 6.07) is 9.95. The summed E-state index contributed by atoms with van der Waals surface area (Å²) >= 11 is 3.40. The van der Waals surface area contributed by atoms with E-state index in [1.807, 2.05) is 24.3 Å². The van der Waals surface area contributed by atoms with Gasteiger partial charge in [-0.3, -0.25) is 5.32 Å². The van der Waals surface area contributed by atoms with Gasteiger partial charge in [0.2, 0.25) is 0 Å². The molecule has 1 aromatic carbocycles. The molecule has 0 fully saturated rings. The van der Waals surface area contributed by atoms with Gasteiger partial charge in [-0.1, -0.05) is 41.9 Å². The zero-order chi connectivity index (χ0) is 13.4. The number of hydrogen-bond donors (Lipinski definition) is 1. The van der Waals surface area contributed by atoms with Crippen molar-refractivity contribution in [3.63, 3.8) is 0 Å². The highest BCUT2D eigenvalue weighted by Gasteiger charge is 2.09. The third-order valence-electron chi connectivity index (χ3n) is 3.00. The highest BCUT2D eigenvalue weighted by Crippen LogP contribution is 2.16. The first-order valence-electron chi connectivity index (χ1n) is 6.32. The molecule has 3 nitrogen and oxygen atoms in total.